The Morgan fingerprint density at radius 1 is 1.14 bits per heavy atom. The van der Waals surface area contributed by atoms with Crippen LogP contribution in [0.2, 0.25) is 0 Å². The van der Waals surface area contributed by atoms with Crippen molar-refractivity contribution in [3.8, 4) is 5.75 Å². The molecule has 0 N–H and O–H groups in total. The van der Waals surface area contributed by atoms with Gasteiger partial charge in [-0.15, -0.1) is 0 Å². The van der Waals surface area contributed by atoms with Gasteiger partial charge in [0.15, 0.2) is 0 Å². The molecule has 2 aromatic rings. The zero-order chi connectivity index (χ0) is 15.9. The highest BCUT2D eigenvalue weighted by molar-refractivity contribution is 6.52. The number of hydrogen-bond donors (Lipinski definition) is 0. The Balaban J connectivity index is 2.11. The van der Waals surface area contributed by atoms with Gasteiger partial charge < -0.3 is 9.94 Å². The Kier molecular flexibility index (Phi) is 3.10. The number of methoxy groups -OCH3 is 1. The Morgan fingerprint density at radius 2 is 1.82 bits per heavy atom. The molecule has 0 atom stereocenters. The molecule has 0 saturated carbocycles. The normalized spacial score (nSPS) is 13.2. The molecule has 3 rings (SSSR count). The first-order chi connectivity index (χ1) is 10.5. The minimum atomic E-state index is -0.607. The molecular weight excluding hydrogens is 288 g/mol. The molecule has 2 aromatic carbocycles. The van der Waals surface area contributed by atoms with Crippen molar-refractivity contribution in [2.75, 3.05) is 7.11 Å². The maximum atomic E-state index is 12.4. The molecule has 0 amide bonds. The molecule has 1 aliphatic rings. The largest absolute Gasteiger partial charge is 0.618 e. The van der Waals surface area contributed by atoms with Gasteiger partial charge in [0, 0.05) is 6.07 Å². The van der Waals surface area contributed by atoms with Crippen LogP contribution in [0.15, 0.2) is 42.5 Å². The Morgan fingerprint density at radius 3 is 2.41 bits per heavy atom. The number of non-ortho nitro benzene ring substituents is 1. The molecule has 110 valence electrons. The number of carbonyl (C=O) groups excluding carboxylic acids is 1. The van der Waals surface area contributed by atoms with E-state index in [2.05, 4.69) is 0 Å². The van der Waals surface area contributed by atoms with Crippen molar-refractivity contribution in [1.82, 2.24) is 0 Å². The Hall–Kier alpha value is -3.22. The van der Waals surface area contributed by atoms with E-state index in [9.17, 15) is 20.1 Å². The minimum Gasteiger partial charge on any atom is -0.618 e. The number of fused-ring (bicyclic) bond motifs is 1. The van der Waals surface area contributed by atoms with Crippen LogP contribution in [0.1, 0.15) is 15.9 Å². The highest BCUT2D eigenvalue weighted by Crippen LogP contribution is 2.31. The van der Waals surface area contributed by atoms with Crippen LogP contribution in [-0.2, 0) is 0 Å². The average Bonchev–Trinajstić information content (AvgIpc) is 2.78. The van der Waals surface area contributed by atoms with Crippen LogP contribution in [0.25, 0.3) is 0 Å². The fraction of sp³-hybridized carbons (Fsp3) is 0.0667. The van der Waals surface area contributed by atoms with Crippen LogP contribution >= 0.6 is 0 Å². The first-order valence-corrected chi connectivity index (χ1v) is 6.34. The maximum Gasteiger partial charge on any atom is 0.276 e. The summed E-state index contributed by atoms with van der Waals surface area (Å²) in [5, 5.41) is 23.1. The highest BCUT2D eigenvalue weighted by atomic mass is 16.6. The Bertz CT molecular complexity index is 824. The molecule has 0 bridgehead atoms. The van der Waals surface area contributed by atoms with Crippen LogP contribution in [0.4, 0.5) is 11.4 Å². The van der Waals surface area contributed by atoms with Crippen LogP contribution in [0, 0.1) is 15.3 Å². The van der Waals surface area contributed by atoms with Gasteiger partial charge in [-0.2, -0.15) is 4.74 Å². The lowest BCUT2D eigenvalue weighted by Crippen LogP contribution is -2.16. The number of benzene rings is 2. The molecule has 22 heavy (non-hydrogen) atoms. The van der Waals surface area contributed by atoms with Crippen molar-refractivity contribution in [1.29, 1.82) is 0 Å². The van der Waals surface area contributed by atoms with Crippen LogP contribution in [0.3, 0.4) is 0 Å². The molecular formula is C15H10N2O5. The smallest absolute Gasteiger partial charge is 0.276 e. The van der Waals surface area contributed by atoms with E-state index in [1.165, 1.54) is 19.2 Å². The third-order valence-corrected chi connectivity index (χ3v) is 3.44. The van der Waals surface area contributed by atoms with Crippen molar-refractivity contribution in [3.63, 3.8) is 0 Å². The Labute approximate surface area is 124 Å². The quantitative estimate of drug-likeness (QED) is 0.375. The van der Waals surface area contributed by atoms with Crippen molar-refractivity contribution >= 4 is 22.9 Å². The number of rotatable bonds is 3. The third kappa shape index (κ3) is 1.99. The van der Waals surface area contributed by atoms with Crippen molar-refractivity contribution in [2.24, 2.45) is 0 Å². The second-order valence-corrected chi connectivity index (χ2v) is 4.66. The molecule has 0 saturated heterocycles. The van der Waals surface area contributed by atoms with E-state index >= 15 is 0 Å². The van der Waals surface area contributed by atoms with Gasteiger partial charge in [0.05, 0.1) is 23.7 Å². The summed E-state index contributed by atoms with van der Waals surface area (Å²) in [6.45, 7) is 0. The molecule has 0 unspecified atom stereocenters. The molecule has 7 nitrogen and oxygen atoms in total. The van der Waals surface area contributed by atoms with Gasteiger partial charge in [0.1, 0.15) is 11.3 Å². The summed E-state index contributed by atoms with van der Waals surface area (Å²) in [7, 11) is 1.51. The summed E-state index contributed by atoms with van der Waals surface area (Å²) in [5.74, 6) is 0.144. The zero-order valence-corrected chi connectivity index (χ0v) is 11.5. The number of ether oxygens (including phenoxy) is 1. The zero-order valence-electron chi connectivity index (χ0n) is 11.5. The highest BCUT2D eigenvalue weighted by Gasteiger charge is 2.37. The summed E-state index contributed by atoms with van der Waals surface area (Å²) in [6, 6.07) is 10.1. The van der Waals surface area contributed by atoms with E-state index in [0.717, 1.165) is 6.07 Å². The van der Waals surface area contributed by atoms with Gasteiger partial charge in [0.2, 0.25) is 5.69 Å². The molecule has 1 aliphatic heterocycles. The van der Waals surface area contributed by atoms with E-state index in [0.29, 0.717) is 16.1 Å². The number of hydrogen-bond acceptors (Lipinski definition) is 5. The molecule has 0 spiro atoms. The first-order valence-electron chi connectivity index (χ1n) is 6.34. The molecule has 0 aromatic heterocycles. The van der Waals surface area contributed by atoms with Crippen LogP contribution in [-0.4, -0.2) is 28.3 Å². The van der Waals surface area contributed by atoms with Crippen molar-refractivity contribution in [2.45, 2.75) is 0 Å². The van der Waals surface area contributed by atoms with Crippen molar-refractivity contribution < 1.29 is 19.2 Å². The number of Topliss-reactive ketones (excluding diaryl/α,β-unsaturated/α-hetero) is 1. The second-order valence-electron chi connectivity index (χ2n) is 4.66. The van der Waals surface area contributed by atoms with Gasteiger partial charge in [-0.1, -0.05) is 0 Å². The summed E-state index contributed by atoms with van der Waals surface area (Å²) < 4.78 is 5.47. The van der Waals surface area contributed by atoms with Gasteiger partial charge in [-0.05, 0) is 30.3 Å². The number of nitro benzene ring substituents is 1. The topological polar surface area (TPSA) is 95.5 Å². The van der Waals surface area contributed by atoms with Gasteiger partial charge in [0.25, 0.3) is 17.2 Å². The third-order valence-electron chi connectivity index (χ3n) is 3.44. The molecule has 0 aliphatic carbocycles. The van der Waals surface area contributed by atoms with Gasteiger partial charge >= 0.3 is 0 Å². The van der Waals surface area contributed by atoms with E-state index in [-0.39, 0.29) is 22.6 Å². The standard InChI is InChI=1S/C15H10N2O5/c1-22-11-5-2-9(3-6-11)14-15(18)12-7-4-10(17(20)21)8-13(12)16(14)19/h2-8H,1H3. The number of nitro groups is 1. The summed E-state index contributed by atoms with van der Waals surface area (Å²) in [5.41, 5.74) is 0.289. The van der Waals surface area contributed by atoms with Crippen LogP contribution < -0.4 is 4.74 Å². The fourth-order valence-corrected chi connectivity index (χ4v) is 2.33. The second kappa shape index (κ2) is 4.96. The molecule has 7 heteroatoms. The minimum absolute atomic E-state index is 0.00924. The monoisotopic (exact) mass is 298 g/mol. The molecule has 0 radical (unpaired) electrons. The summed E-state index contributed by atoms with van der Waals surface area (Å²) in [6.07, 6.45) is 0. The predicted molar refractivity (Wildman–Crippen MR) is 77.8 cm³/mol. The molecule has 1 heterocycles. The average molecular weight is 298 g/mol. The van der Waals surface area contributed by atoms with E-state index < -0.39 is 10.7 Å². The van der Waals surface area contributed by atoms with E-state index in [4.69, 9.17) is 4.74 Å². The number of ketones is 1. The van der Waals surface area contributed by atoms with Gasteiger partial charge in [-0.25, -0.2) is 0 Å². The van der Waals surface area contributed by atoms with Crippen LogP contribution in [0.5, 0.6) is 5.75 Å². The maximum absolute atomic E-state index is 12.4. The first kappa shape index (κ1) is 13.7. The lowest BCUT2D eigenvalue weighted by molar-refractivity contribution is -0.387. The lowest BCUT2D eigenvalue weighted by atomic mass is 10.0. The predicted octanol–water partition coefficient (Wildman–Crippen LogP) is 2.43. The fourth-order valence-electron chi connectivity index (χ4n) is 2.33. The SMILES string of the molecule is COc1ccc(C2=[N+]([O-])c3cc([N+](=O)[O-])ccc3C2=O)cc1. The lowest BCUT2D eigenvalue weighted by Gasteiger charge is -2.03. The summed E-state index contributed by atoms with van der Waals surface area (Å²) >= 11 is 0. The van der Waals surface area contributed by atoms with Gasteiger partial charge in [-0.3, -0.25) is 14.9 Å². The van der Waals surface area contributed by atoms with E-state index in [1.807, 2.05) is 0 Å². The van der Waals surface area contributed by atoms with E-state index in [1.54, 1.807) is 24.3 Å². The summed E-state index contributed by atoms with van der Waals surface area (Å²) in [4.78, 5) is 22.5. The van der Waals surface area contributed by atoms with Crippen molar-refractivity contribution in [3.05, 3.63) is 68.9 Å². The number of carbonyl (C=O) groups is 1. The number of nitrogens with zero attached hydrogens (tertiary/aromatic N) is 2. The molecule has 0 fully saturated rings.